The fourth-order valence-electron chi connectivity index (χ4n) is 1.32. The summed E-state index contributed by atoms with van der Waals surface area (Å²) in [5, 5.41) is 5.56. The highest BCUT2D eigenvalue weighted by atomic mass is 35.5. The molecule has 0 atom stereocenters. The van der Waals surface area contributed by atoms with E-state index in [1.807, 2.05) is 18.2 Å². The summed E-state index contributed by atoms with van der Waals surface area (Å²) < 4.78 is 26.7. The zero-order chi connectivity index (χ0) is 12.7. The van der Waals surface area contributed by atoms with E-state index in [1.54, 1.807) is 6.07 Å². The average Bonchev–Trinajstić information content (AvgIpc) is 2.22. The van der Waals surface area contributed by atoms with Gasteiger partial charge in [0.1, 0.15) is 0 Å². The van der Waals surface area contributed by atoms with Crippen LogP contribution in [0.4, 0.5) is 0 Å². The number of nitrogens with two attached hydrogens (primary N) is 1. The van der Waals surface area contributed by atoms with Gasteiger partial charge in [-0.1, -0.05) is 23.7 Å². The molecule has 1 aromatic rings. The minimum absolute atomic E-state index is 0.00747. The number of rotatable bonds is 7. The van der Waals surface area contributed by atoms with Crippen molar-refractivity contribution in [3.05, 3.63) is 34.9 Å². The largest absolute Gasteiger partial charge is 0.377 e. The van der Waals surface area contributed by atoms with Gasteiger partial charge in [-0.2, -0.15) is 0 Å². The predicted molar refractivity (Wildman–Crippen MR) is 68.3 cm³/mol. The topological polar surface area (TPSA) is 69.4 Å². The van der Waals surface area contributed by atoms with Gasteiger partial charge >= 0.3 is 0 Å². The van der Waals surface area contributed by atoms with Crippen LogP contribution >= 0.6 is 11.6 Å². The van der Waals surface area contributed by atoms with E-state index in [0.717, 1.165) is 5.56 Å². The maximum Gasteiger partial charge on any atom is 0.209 e. The normalized spacial score (nSPS) is 11.6. The summed E-state index contributed by atoms with van der Waals surface area (Å²) >= 11 is 5.82. The number of benzene rings is 1. The highest BCUT2D eigenvalue weighted by Crippen LogP contribution is 2.11. The summed E-state index contributed by atoms with van der Waals surface area (Å²) in [6.07, 6.45) is 1.20. The molecule has 0 amide bonds. The molecule has 0 saturated heterocycles. The molecule has 6 heteroatoms. The van der Waals surface area contributed by atoms with Crippen molar-refractivity contribution in [3.63, 3.8) is 0 Å². The molecule has 0 heterocycles. The fourth-order valence-corrected chi connectivity index (χ4v) is 2.14. The smallest absolute Gasteiger partial charge is 0.209 e. The second-order valence-electron chi connectivity index (χ2n) is 3.76. The highest BCUT2D eigenvalue weighted by molar-refractivity contribution is 7.89. The molecule has 0 spiro atoms. The van der Waals surface area contributed by atoms with Gasteiger partial charge in [-0.25, -0.2) is 13.6 Å². The first kappa shape index (κ1) is 14.4. The van der Waals surface area contributed by atoms with Crippen molar-refractivity contribution in [1.82, 2.24) is 0 Å². The molecule has 0 aliphatic heterocycles. The Morgan fingerprint density at radius 3 is 2.71 bits per heavy atom. The van der Waals surface area contributed by atoms with Crippen LogP contribution in [0.3, 0.4) is 0 Å². The Balaban J connectivity index is 2.13. The Kier molecular flexibility index (Phi) is 5.91. The predicted octanol–water partition coefficient (Wildman–Crippen LogP) is 1.93. The van der Waals surface area contributed by atoms with E-state index in [-0.39, 0.29) is 5.75 Å². The summed E-state index contributed by atoms with van der Waals surface area (Å²) in [5.74, 6) is 0.00747. The molecular weight excluding hydrogens is 262 g/mol. The van der Waals surface area contributed by atoms with Gasteiger partial charge in [0.05, 0.1) is 12.4 Å². The standard InChI is InChI=1S/C11H16ClNO3S/c12-11-5-3-4-10(8-11)9-16-6-1-2-7-17(13,14)15/h3-5,8H,1-2,6-7,9H2,(H2,13,14,15). The number of ether oxygens (including phenoxy) is 1. The van der Waals surface area contributed by atoms with Crippen molar-refractivity contribution in [3.8, 4) is 0 Å². The van der Waals surface area contributed by atoms with Gasteiger partial charge in [0.15, 0.2) is 0 Å². The van der Waals surface area contributed by atoms with Gasteiger partial charge in [-0.05, 0) is 30.5 Å². The Morgan fingerprint density at radius 2 is 2.06 bits per heavy atom. The first-order valence-electron chi connectivity index (χ1n) is 5.30. The van der Waals surface area contributed by atoms with Gasteiger partial charge in [0.25, 0.3) is 0 Å². The number of unbranched alkanes of at least 4 members (excludes halogenated alkanes) is 1. The first-order chi connectivity index (χ1) is 7.97. The molecule has 17 heavy (non-hydrogen) atoms. The lowest BCUT2D eigenvalue weighted by Crippen LogP contribution is -2.16. The highest BCUT2D eigenvalue weighted by Gasteiger charge is 2.01. The summed E-state index contributed by atoms with van der Waals surface area (Å²) in [4.78, 5) is 0. The van der Waals surface area contributed by atoms with Crippen LogP contribution in [-0.2, 0) is 21.4 Å². The molecular formula is C11H16ClNO3S. The zero-order valence-electron chi connectivity index (χ0n) is 9.43. The van der Waals surface area contributed by atoms with Crippen molar-refractivity contribution in [1.29, 1.82) is 0 Å². The van der Waals surface area contributed by atoms with Crippen LogP contribution in [0, 0.1) is 0 Å². The number of hydrogen-bond donors (Lipinski definition) is 1. The van der Waals surface area contributed by atoms with Crippen molar-refractivity contribution in [2.75, 3.05) is 12.4 Å². The maximum absolute atomic E-state index is 10.6. The van der Waals surface area contributed by atoms with E-state index >= 15 is 0 Å². The molecule has 0 aliphatic carbocycles. The van der Waals surface area contributed by atoms with Crippen LogP contribution in [0.5, 0.6) is 0 Å². The van der Waals surface area contributed by atoms with Crippen molar-refractivity contribution < 1.29 is 13.2 Å². The average molecular weight is 278 g/mol. The summed E-state index contributed by atoms with van der Waals surface area (Å²) in [5.41, 5.74) is 1.00. The fraction of sp³-hybridized carbons (Fsp3) is 0.455. The van der Waals surface area contributed by atoms with Gasteiger partial charge in [0.2, 0.25) is 10.0 Å². The SMILES string of the molecule is NS(=O)(=O)CCCCOCc1cccc(Cl)c1. The van der Waals surface area contributed by atoms with Gasteiger partial charge in [-0.3, -0.25) is 0 Å². The van der Waals surface area contributed by atoms with Crippen molar-refractivity contribution >= 4 is 21.6 Å². The molecule has 96 valence electrons. The van der Waals surface area contributed by atoms with Crippen LogP contribution < -0.4 is 5.14 Å². The van der Waals surface area contributed by atoms with E-state index in [4.69, 9.17) is 21.5 Å². The molecule has 2 N–H and O–H groups in total. The third kappa shape index (κ3) is 7.33. The van der Waals surface area contributed by atoms with Crippen molar-refractivity contribution in [2.45, 2.75) is 19.4 Å². The molecule has 0 radical (unpaired) electrons. The second kappa shape index (κ2) is 6.96. The Hall–Kier alpha value is -0.620. The molecule has 4 nitrogen and oxygen atoms in total. The minimum atomic E-state index is -3.34. The maximum atomic E-state index is 10.6. The van der Waals surface area contributed by atoms with E-state index in [9.17, 15) is 8.42 Å². The quantitative estimate of drug-likeness (QED) is 0.774. The Morgan fingerprint density at radius 1 is 1.29 bits per heavy atom. The monoisotopic (exact) mass is 277 g/mol. The van der Waals surface area contributed by atoms with E-state index in [2.05, 4.69) is 0 Å². The third-order valence-corrected chi connectivity index (χ3v) is 3.22. The molecule has 0 bridgehead atoms. The lowest BCUT2D eigenvalue weighted by atomic mass is 10.2. The number of primary sulfonamides is 1. The minimum Gasteiger partial charge on any atom is -0.377 e. The number of sulfonamides is 1. The van der Waals surface area contributed by atoms with E-state index in [0.29, 0.717) is 31.1 Å². The van der Waals surface area contributed by atoms with Crippen LogP contribution in [0.2, 0.25) is 5.02 Å². The summed E-state index contributed by atoms with van der Waals surface area (Å²) in [6.45, 7) is 0.998. The molecule has 0 aliphatic rings. The van der Waals surface area contributed by atoms with Gasteiger partial charge < -0.3 is 4.74 Å². The first-order valence-corrected chi connectivity index (χ1v) is 7.39. The lowest BCUT2D eigenvalue weighted by molar-refractivity contribution is 0.118. The van der Waals surface area contributed by atoms with Crippen molar-refractivity contribution in [2.24, 2.45) is 5.14 Å². The Labute approximate surface area is 107 Å². The zero-order valence-corrected chi connectivity index (χ0v) is 11.0. The molecule has 0 unspecified atom stereocenters. The summed E-state index contributed by atoms with van der Waals surface area (Å²) in [7, 11) is -3.34. The van der Waals surface area contributed by atoms with Crippen LogP contribution in [0.25, 0.3) is 0 Å². The Bertz CT molecular complexity index is 448. The third-order valence-electron chi connectivity index (χ3n) is 2.13. The molecule has 0 aromatic heterocycles. The van der Waals surface area contributed by atoms with E-state index in [1.165, 1.54) is 0 Å². The summed E-state index contributed by atoms with van der Waals surface area (Å²) in [6, 6.07) is 7.43. The number of hydrogen-bond acceptors (Lipinski definition) is 3. The van der Waals surface area contributed by atoms with Gasteiger partial charge in [0, 0.05) is 11.6 Å². The van der Waals surface area contributed by atoms with Crippen LogP contribution in [0.15, 0.2) is 24.3 Å². The molecule has 1 rings (SSSR count). The van der Waals surface area contributed by atoms with E-state index < -0.39 is 10.0 Å². The number of halogens is 1. The second-order valence-corrected chi connectivity index (χ2v) is 5.93. The van der Waals surface area contributed by atoms with Gasteiger partial charge in [-0.15, -0.1) is 0 Å². The molecule has 1 aromatic carbocycles. The van der Waals surface area contributed by atoms with Crippen LogP contribution in [-0.4, -0.2) is 20.8 Å². The molecule has 0 saturated carbocycles. The van der Waals surface area contributed by atoms with Crippen LogP contribution in [0.1, 0.15) is 18.4 Å². The molecule has 0 fully saturated rings. The lowest BCUT2D eigenvalue weighted by Gasteiger charge is -2.04.